The number of nitrogens with one attached hydrogen (secondary N) is 3. The highest BCUT2D eigenvalue weighted by molar-refractivity contribution is 7.80. The first-order chi connectivity index (χ1) is 13.0. The number of rotatable bonds is 8. The van der Waals surface area contributed by atoms with Crippen molar-refractivity contribution < 1.29 is 4.79 Å². The quantitative estimate of drug-likeness (QED) is 0.345. The Labute approximate surface area is 171 Å². The number of aromatic nitrogens is 1. The Balaban J connectivity index is 1.85. The van der Waals surface area contributed by atoms with Crippen molar-refractivity contribution in [3.05, 3.63) is 40.2 Å². The number of amides is 1. The number of nitrogens with zero attached hydrogens (tertiary/aromatic N) is 1. The average molecular weight is 405 g/mol. The summed E-state index contributed by atoms with van der Waals surface area (Å²) >= 11 is 6.63. The van der Waals surface area contributed by atoms with Gasteiger partial charge in [-0.15, -0.1) is 11.3 Å². The molecule has 1 heterocycles. The lowest BCUT2D eigenvalue weighted by Gasteiger charge is -2.15. The first-order valence-electron chi connectivity index (χ1n) is 9.38. The van der Waals surface area contributed by atoms with Crippen LogP contribution >= 0.6 is 23.6 Å². The molecule has 1 amide bonds. The minimum absolute atomic E-state index is 0.236. The van der Waals surface area contributed by atoms with E-state index in [-0.39, 0.29) is 5.91 Å². The molecule has 0 aliphatic carbocycles. The maximum atomic E-state index is 12.6. The van der Waals surface area contributed by atoms with Crippen molar-refractivity contribution in [1.82, 2.24) is 21.2 Å². The second-order valence-electron chi connectivity index (χ2n) is 6.67. The molecule has 2 aromatic rings. The number of hydrazine groups is 1. The Kier molecular flexibility index (Phi) is 8.67. The van der Waals surface area contributed by atoms with Crippen LogP contribution in [-0.2, 0) is 0 Å². The average Bonchev–Trinajstić information content (AvgIpc) is 3.07. The van der Waals surface area contributed by atoms with Crippen LogP contribution in [0.25, 0.3) is 11.3 Å². The lowest BCUT2D eigenvalue weighted by molar-refractivity contribution is 0.0948. The zero-order chi connectivity index (χ0) is 19.6. The van der Waals surface area contributed by atoms with Gasteiger partial charge in [0.1, 0.15) is 4.88 Å². The molecule has 0 aliphatic heterocycles. The predicted molar refractivity (Wildman–Crippen MR) is 117 cm³/mol. The molecule has 0 radical (unpaired) electrons. The van der Waals surface area contributed by atoms with E-state index in [1.807, 2.05) is 37.3 Å². The summed E-state index contributed by atoms with van der Waals surface area (Å²) in [5, 5.41) is 4.43. The number of hydrogen-bond acceptors (Lipinski definition) is 4. The second-order valence-corrected chi connectivity index (χ2v) is 8.28. The Morgan fingerprint density at radius 2 is 1.96 bits per heavy atom. The third-order valence-electron chi connectivity index (χ3n) is 4.19. The molecule has 5 nitrogen and oxygen atoms in total. The molecule has 1 atom stereocenters. The van der Waals surface area contributed by atoms with Crippen molar-refractivity contribution in [3.63, 3.8) is 0 Å². The Morgan fingerprint density at radius 3 is 2.67 bits per heavy atom. The number of carbonyl (C=O) groups is 1. The summed E-state index contributed by atoms with van der Waals surface area (Å²) in [6.07, 6.45) is 4.91. The van der Waals surface area contributed by atoms with Crippen molar-refractivity contribution >= 4 is 34.6 Å². The van der Waals surface area contributed by atoms with Gasteiger partial charge in [-0.25, -0.2) is 4.98 Å². The summed E-state index contributed by atoms with van der Waals surface area (Å²) in [5.74, 6) is 0.306. The van der Waals surface area contributed by atoms with Crippen LogP contribution in [0.4, 0.5) is 0 Å². The van der Waals surface area contributed by atoms with Crippen molar-refractivity contribution in [2.75, 3.05) is 6.54 Å². The number of aryl methyl sites for hydroxylation is 1. The zero-order valence-corrected chi connectivity index (χ0v) is 17.8. The van der Waals surface area contributed by atoms with Crippen molar-refractivity contribution in [2.24, 2.45) is 5.92 Å². The Morgan fingerprint density at radius 1 is 1.22 bits per heavy atom. The molecule has 7 heteroatoms. The maximum absolute atomic E-state index is 12.6. The van der Waals surface area contributed by atoms with Gasteiger partial charge in [0.2, 0.25) is 0 Å². The van der Waals surface area contributed by atoms with Gasteiger partial charge in [0, 0.05) is 12.1 Å². The van der Waals surface area contributed by atoms with Crippen LogP contribution in [-0.4, -0.2) is 22.5 Å². The van der Waals surface area contributed by atoms with Crippen LogP contribution in [0, 0.1) is 12.8 Å². The molecule has 3 N–H and O–H groups in total. The molecular formula is C20H28N4OS2. The van der Waals surface area contributed by atoms with E-state index in [4.69, 9.17) is 12.2 Å². The van der Waals surface area contributed by atoms with Crippen LogP contribution < -0.4 is 16.2 Å². The number of unbranched alkanes of at least 4 members (excludes halogenated alkanes) is 2. The summed E-state index contributed by atoms with van der Waals surface area (Å²) in [5.41, 5.74) is 7.09. The largest absolute Gasteiger partial charge is 0.361 e. The summed E-state index contributed by atoms with van der Waals surface area (Å²) < 4.78 is 0. The van der Waals surface area contributed by atoms with E-state index in [0.29, 0.717) is 21.6 Å². The molecule has 0 aliphatic rings. The predicted octanol–water partition coefficient (Wildman–Crippen LogP) is 4.44. The van der Waals surface area contributed by atoms with Gasteiger partial charge in [-0.1, -0.05) is 63.4 Å². The number of carbonyl (C=O) groups excluding carboxylic acids is 1. The number of benzene rings is 1. The summed E-state index contributed by atoms with van der Waals surface area (Å²) in [4.78, 5) is 17.7. The van der Waals surface area contributed by atoms with E-state index < -0.39 is 0 Å². The molecule has 0 saturated heterocycles. The molecule has 1 aromatic heterocycles. The van der Waals surface area contributed by atoms with E-state index in [1.54, 1.807) is 0 Å². The molecule has 27 heavy (non-hydrogen) atoms. The third kappa shape index (κ3) is 6.92. The van der Waals surface area contributed by atoms with E-state index in [9.17, 15) is 4.79 Å². The van der Waals surface area contributed by atoms with Crippen LogP contribution in [0.3, 0.4) is 0 Å². The van der Waals surface area contributed by atoms with Crippen LogP contribution in [0.2, 0.25) is 0 Å². The normalized spacial score (nSPS) is 11.7. The molecule has 2 rings (SSSR count). The number of hydrogen-bond donors (Lipinski definition) is 3. The monoisotopic (exact) mass is 404 g/mol. The first kappa shape index (κ1) is 21.3. The molecule has 0 spiro atoms. The topological polar surface area (TPSA) is 66.0 Å². The van der Waals surface area contributed by atoms with Crippen LogP contribution in [0.1, 0.15) is 54.2 Å². The van der Waals surface area contributed by atoms with Gasteiger partial charge >= 0.3 is 0 Å². The highest BCUT2D eigenvalue weighted by atomic mass is 32.1. The SMILES string of the molecule is CCCCC[C@H](C)CNC(=S)NNC(=O)c1sc(C)nc1-c1ccccc1. The smallest absolute Gasteiger partial charge is 0.282 e. The van der Waals surface area contributed by atoms with Crippen LogP contribution in [0.15, 0.2) is 30.3 Å². The zero-order valence-electron chi connectivity index (χ0n) is 16.2. The van der Waals surface area contributed by atoms with Gasteiger partial charge in [0.15, 0.2) is 5.11 Å². The minimum atomic E-state index is -0.236. The highest BCUT2D eigenvalue weighted by Crippen LogP contribution is 2.27. The molecule has 0 unspecified atom stereocenters. The summed E-state index contributed by atoms with van der Waals surface area (Å²) in [6, 6.07) is 9.71. The van der Waals surface area contributed by atoms with Crippen LogP contribution in [0.5, 0.6) is 0 Å². The number of thiazole rings is 1. The summed E-state index contributed by atoms with van der Waals surface area (Å²) in [6.45, 7) is 7.10. The maximum Gasteiger partial charge on any atom is 0.282 e. The standard InChI is InChI=1S/C20H28N4OS2/c1-4-5-7-10-14(2)13-21-20(26)24-23-19(25)18-17(22-15(3)27-18)16-11-8-6-9-12-16/h6,8-9,11-12,14H,4-5,7,10,13H2,1-3H3,(H,23,25)(H2,21,24,26)/t14-/m0/s1. The third-order valence-corrected chi connectivity index (χ3v) is 5.40. The molecule has 0 fully saturated rings. The van der Waals surface area contributed by atoms with Gasteiger partial charge in [-0.05, 0) is 31.5 Å². The second kappa shape index (κ2) is 11.0. The van der Waals surface area contributed by atoms with Gasteiger partial charge in [0.25, 0.3) is 5.91 Å². The van der Waals surface area contributed by atoms with E-state index >= 15 is 0 Å². The fourth-order valence-corrected chi connectivity index (χ4v) is 3.67. The molecule has 0 bridgehead atoms. The Hall–Kier alpha value is -1.99. The fourth-order valence-electron chi connectivity index (χ4n) is 2.70. The van der Waals surface area contributed by atoms with Gasteiger partial charge in [-0.3, -0.25) is 15.6 Å². The fraction of sp³-hybridized carbons (Fsp3) is 0.450. The first-order valence-corrected chi connectivity index (χ1v) is 10.6. The van der Waals surface area contributed by atoms with Crippen molar-refractivity contribution in [2.45, 2.75) is 46.5 Å². The van der Waals surface area contributed by atoms with Gasteiger partial charge < -0.3 is 5.32 Å². The lowest BCUT2D eigenvalue weighted by atomic mass is 10.0. The highest BCUT2D eigenvalue weighted by Gasteiger charge is 2.18. The molecule has 146 valence electrons. The van der Waals surface area contributed by atoms with E-state index in [1.165, 1.54) is 37.0 Å². The van der Waals surface area contributed by atoms with Crippen molar-refractivity contribution in [3.8, 4) is 11.3 Å². The van der Waals surface area contributed by atoms with E-state index in [0.717, 1.165) is 17.1 Å². The van der Waals surface area contributed by atoms with Gasteiger partial charge in [0.05, 0.1) is 10.7 Å². The van der Waals surface area contributed by atoms with Crippen molar-refractivity contribution in [1.29, 1.82) is 0 Å². The minimum Gasteiger partial charge on any atom is -0.361 e. The van der Waals surface area contributed by atoms with E-state index in [2.05, 4.69) is 35.0 Å². The molecule has 0 saturated carbocycles. The Bertz CT molecular complexity index is 746. The molecule has 1 aromatic carbocycles. The molecular weight excluding hydrogens is 376 g/mol. The number of thiocarbonyl (C=S) groups is 1. The summed E-state index contributed by atoms with van der Waals surface area (Å²) in [7, 11) is 0. The van der Waals surface area contributed by atoms with Gasteiger partial charge in [-0.2, -0.15) is 0 Å². The lowest BCUT2D eigenvalue weighted by Crippen LogP contribution is -2.47.